The molecule has 0 spiro atoms. The van der Waals surface area contributed by atoms with Crippen LogP contribution in [-0.4, -0.2) is 35.1 Å². The van der Waals surface area contributed by atoms with Crippen LogP contribution >= 0.6 is 0 Å². The molecule has 2 unspecified atom stereocenters. The molecule has 0 saturated carbocycles. The molecule has 5 heteroatoms. The van der Waals surface area contributed by atoms with E-state index in [-0.39, 0.29) is 11.8 Å². The van der Waals surface area contributed by atoms with Gasteiger partial charge in [-0.05, 0) is 18.9 Å². The van der Waals surface area contributed by atoms with E-state index in [0.29, 0.717) is 5.92 Å². The summed E-state index contributed by atoms with van der Waals surface area (Å²) in [7, 11) is 0. The minimum atomic E-state index is 0.142. The molecule has 0 radical (unpaired) electrons. The van der Waals surface area contributed by atoms with E-state index in [1.807, 2.05) is 10.8 Å². The van der Waals surface area contributed by atoms with E-state index < -0.39 is 0 Å². The van der Waals surface area contributed by atoms with E-state index >= 15 is 0 Å². The number of carbonyl (C=O) groups excluding carboxylic acids is 1. The zero-order chi connectivity index (χ0) is 12.1. The lowest BCUT2D eigenvalue weighted by Gasteiger charge is -2.14. The van der Waals surface area contributed by atoms with Crippen LogP contribution in [0.15, 0.2) is 18.7 Å². The summed E-state index contributed by atoms with van der Waals surface area (Å²) in [6.45, 7) is 5.52. The van der Waals surface area contributed by atoms with Gasteiger partial charge in [-0.1, -0.05) is 6.92 Å². The largest absolute Gasteiger partial charge is 0.356 e. The lowest BCUT2D eigenvalue weighted by molar-refractivity contribution is -0.125. The van der Waals surface area contributed by atoms with Crippen LogP contribution < -0.4 is 10.6 Å². The molecule has 0 aromatic carbocycles. The van der Waals surface area contributed by atoms with Gasteiger partial charge in [0.25, 0.3) is 0 Å². The minimum absolute atomic E-state index is 0.142. The number of aryl methyl sites for hydroxylation is 1. The Morgan fingerprint density at radius 3 is 3.12 bits per heavy atom. The Balaban J connectivity index is 1.63. The third kappa shape index (κ3) is 3.30. The van der Waals surface area contributed by atoms with Crippen molar-refractivity contribution < 1.29 is 4.79 Å². The van der Waals surface area contributed by atoms with Crippen LogP contribution in [-0.2, 0) is 11.3 Å². The van der Waals surface area contributed by atoms with E-state index in [4.69, 9.17) is 0 Å². The van der Waals surface area contributed by atoms with Crippen molar-refractivity contribution in [1.29, 1.82) is 0 Å². The first-order valence-corrected chi connectivity index (χ1v) is 6.21. The Bertz CT molecular complexity index is 349. The topological polar surface area (TPSA) is 59.0 Å². The molecule has 0 bridgehead atoms. The molecule has 2 atom stereocenters. The molecular formula is C12H20N4O. The Morgan fingerprint density at radius 1 is 1.59 bits per heavy atom. The van der Waals surface area contributed by atoms with Crippen LogP contribution in [0, 0.1) is 11.8 Å². The van der Waals surface area contributed by atoms with Crippen molar-refractivity contribution in [3.05, 3.63) is 18.7 Å². The first kappa shape index (κ1) is 12.1. The van der Waals surface area contributed by atoms with E-state index in [1.165, 1.54) is 0 Å². The third-order valence-corrected chi connectivity index (χ3v) is 3.31. The molecule has 1 aromatic rings. The van der Waals surface area contributed by atoms with Crippen LogP contribution in [0.4, 0.5) is 0 Å². The lowest BCUT2D eigenvalue weighted by Crippen LogP contribution is -2.35. The highest BCUT2D eigenvalue weighted by atomic mass is 16.1. The Morgan fingerprint density at radius 2 is 2.47 bits per heavy atom. The highest BCUT2D eigenvalue weighted by molar-refractivity contribution is 5.79. The van der Waals surface area contributed by atoms with Crippen molar-refractivity contribution in [3.63, 3.8) is 0 Å². The molecule has 1 saturated heterocycles. The maximum absolute atomic E-state index is 11.8. The van der Waals surface area contributed by atoms with E-state index in [0.717, 1.165) is 32.6 Å². The number of nitrogens with zero attached hydrogens (tertiary/aromatic N) is 2. The molecule has 2 rings (SSSR count). The van der Waals surface area contributed by atoms with Gasteiger partial charge in [0.05, 0.1) is 12.2 Å². The summed E-state index contributed by atoms with van der Waals surface area (Å²) < 4.78 is 2.02. The van der Waals surface area contributed by atoms with Crippen molar-refractivity contribution in [2.45, 2.75) is 19.9 Å². The zero-order valence-electron chi connectivity index (χ0n) is 10.2. The lowest BCUT2D eigenvalue weighted by atomic mass is 9.97. The average molecular weight is 236 g/mol. The summed E-state index contributed by atoms with van der Waals surface area (Å²) in [5, 5.41) is 6.25. The molecule has 1 aromatic heterocycles. The smallest absolute Gasteiger partial charge is 0.224 e. The van der Waals surface area contributed by atoms with Crippen LogP contribution in [0.2, 0.25) is 0 Å². The normalized spacial score (nSPS) is 23.8. The first-order chi connectivity index (χ1) is 8.27. The van der Waals surface area contributed by atoms with Gasteiger partial charge in [0.2, 0.25) is 5.91 Å². The molecule has 1 amide bonds. The number of carbonyl (C=O) groups is 1. The molecule has 5 nitrogen and oxygen atoms in total. The molecule has 1 fully saturated rings. The van der Waals surface area contributed by atoms with Gasteiger partial charge in [-0.25, -0.2) is 4.98 Å². The van der Waals surface area contributed by atoms with Crippen molar-refractivity contribution in [1.82, 2.24) is 20.2 Å². The van der Waals surface area contributed by atoms with Gasteiger partial charge in [0.15, 0.2) is 0 Å². The number of imidazole rings is 1. The fraction of sp³-hybridized carbons (Fsp3) is 0.667. The average Bonchev–Trinajstić information content (AvgIpc) is 2.95. The highest BCUT2D eigenvalue weighted by Gasteiger charge is 2.28. The van der Waals surface area contributed by atoms with Gasteiger partial charge in [0.1, 0.15) is 0 Å². The predicted octanol–water partition coefficient (Wildman–Crippen LogP) is 0.245. The second-order valence-electron chi connectivity index (χ2n) is 4.69. The van der Waals surface area contributed by atoms with Gasteiger partial charge in [-0.15, -0.1) is 0 Å². The van der Waals surface area contributed by atoms with Crippen LogP contribution in [0.3, 0.4) is 0 Å². The molecule has 2 heterocycles. The summed E-state index contributed by atoms with van der Waals surface area (Å²) in [4.78, 5) is 15.8. The Labute approximate surface area is 102 Å². The summed E-state index contributed by atoms with van der Waals surface area (Å²) in [5.41, 5.74) is 0. The zero-order valence-corrected chi connectivity index (χ0v) is 10.2. The van der Waals surface area contributed by atoms with Crippen molar-refractivity contribution in [2.75, 3.05) is 19.6 Å². The van der Waals surface area contributed by atoms with Crippen molar-refractivity contribution >= 4 is 5.91 Å². The van der Waals surface area contributed by atoms with Gasteiger partial charge in [-0.3, -0.25) is 4.79 Å². The number of amides is 1. The quantitative estimate of drug-likeness (QED) is 0.720. The maximum Gasteiger partial charge on any atom is 0.224 e. The SMILES string of the molecule is CC1CNCC1C(=O)NCCCn1ccnc1. The molecule has 94 valence electrons. The second kappa shape index (κ2) is 5.82. The Kier molecular flexibility index (Phi) is 4.14. The van der Waals surface area contributed by atoms with E-state index in [2.05, 4.69) is 22.5 Å². The molecule has 2 N–H and O–H groups in total. The number of aromatic nitrogens is 2. The first-order valence-electron chi connectivity index (χ1n) is 6.21. The molecule has 1 aliphatic rings. The Hall–Kier alpha value is -1.36. The van der Waals surface area contributed by atoms with E-state index in [9.17, 15) is 4.79 Å². The van der Waals surface area contributed by atoms with Gasteiger partial charge in [-0.2, -0.15) is 0 Å². The minimum Gasteiger partial charge on any atom is -0.356 e. The molecule has 0 aliphatic carbocycles. The summed E-state index contributed by atoms with van der Waals surface area (Å²) in [6.07, 6.45) is 6.44. The van der Waals surface area contributed by atoms with Crippen LogP contribution in [0.5, 0.6) is 0 Å². The van der Waals surface area contributed by atoms with Crippen molar-refractivity contribution in [2.24, 2.45) is 11.8 Å². The third-order valence-electron chi connectivity index (χ3n) is 3.31. The fourth-order valence-electron chi connectivity index (χ4n) is 2.18. The van der Waals surface area contributed by atoms with Crippen LogP contribution in [0.1, 0.15) is 13.3 Å². The number of hydrogen-bond donors (Lipinski definition) is 2. The van der Waals surface area contributed by atoms with Crippen molar-refractivity contribution in [3.8, 4) is 0 Å². The monoisotopic (exact) mass is 236 g/mol. The summed E-state index contributed by atoms with van der Waals surface area (Å²) >= 11 is 0. The second-order valence-corrected chi connectivity index (χ2v) is 4.69. The number of nitrogens with one attached hydrogen (secondary N) is 2. The summed E-state index contributed by atoms with van der Waals surface area (Å²) in [5.74, 6) is 0.778. The highest BCUT2D eigenvalue weighted by Crippen LogP contribution is 2.15. The number of hydrogen-bond acceptors (Lipinski definition) is 3. The van der Waals surface area contributed by atoms with Gasteiger partial charge in [0, 0.05) is 32.0 Å². The van der Waals surface area contributed by atoms with Gasteiger partial charge < -0.3 is 15.2 Å². The molecule has 17 heavy (non-hydrogen) atoms. The molecular weight excluding hydrogens is 216 g/mol. The predicted molar refractivity (Wildman–Crippen MR) is 65.4 cm³/mol. The fourth-order valence-corrected chi connectivity index (χ4v) is 2.18. The number of rotatable bonds is 5. The van der Waals surface area contributed by atoms with Crippen LogP contribution in [0.25, 0.3) is 0 Å². The summed E-state index contributed by atoms with van der Waals surface area (Å²) in [6, 6.07) is 0. The van der Waals surface area contributed by atoms with E-state index in [1.54, 1.807) is 12.5 Å². The molecule has 1 aliphatic heterocycles. The standard InChI is InChI=1S/C12H20N4O/c1-10-7-14-8-11(10)12(17)15-3-2-5-16-6-4-13-9-16/h4,6,9-11,14H,2-3,5,7-8H2,1H3,(H,15,17). The maximum atomic E-state index is 11.8. The van der Waals surface area contributed by atoms with Gasteiger partial charge >= 0.3 is 0 Å².